The van der Waals surface area contributed by atoms with Gasteiger partial charge in [0.05, 0.1) is 19.3 Å². The molecule has 2 N–H and O–H groups in total. The Morgan fingerprint density at radius 3 is 3.08 bits per heavy atom. The smallest absolute Gasteiger partial charge is 0.191 e. The molecular formula is C16H29IN6O2. The van der Waals surface area contributed by atoms with Crippen LogP contribution in [-0.4, -0.2) is 60.2 Å². The van der Waals surface area contributed by atoms with Gasteiger partial charge in [0.1, 0.15) is 5.82 Å². The lowest BCUT2D eigenvalue weighted by Crippen LogP contribution is -2.38. The van der Waals surface area contributed by atoms with Gasteiger partial charge in [-0.2, -0.15) is 0 Å². The molecular weight excluding hydrogens is 435 g/mol. The number of aromatic nitrogens is 3. The first-order chi connectivity index (χ1) is 11.9. The number of halogens is 1. The van der Waals surface area contributed by atoms with E-state index in [4.69, 9.17) is 9.47 Å². The molecule has 3 rings (SSSR count). The van der Waals surface area contributed by atoms with Gasteiger partial charge in [-0.1, -0.05) is 0 Å². The number of rotatable bonds is 7. The number of fused-ring (bicyclic) bond motifs is 1. The topological polar surface area (TPSA) is 85.6 Å². The number of hydrogen-bond acceptors (Lipinski definition) is 5. The minimum absolute atomic E-state index is 0. The molecule has 2 aliphatic heterocycles. The summed E-state index contributed by atoms with van der Waals surface area (Å²) < 4.78 is 13.3. The Labute approximate surface area is 166 Å². The molecule has 0 spiro atoms. The van der Waals surface area contributed by atoms with Gasteiger partial charge in [0.2, 0.25) is 0 Å². The second-order valence-electron chi connectivity index (χ2n) is 6.20. The summed E-state index contributed by atoms with van der Waals surface area (Å²) in [5, 5.41) is 15.2. The van der Waals surface area contributed by atoms with Crippen molar-refractivity contribution in [1.82, 2.24) is 25.4 Å². The lowest BCUT2D eigenvalue weighted by molar-refractivity contribution is 0.0420. The normalized spacial score (nSPS) is 20.0. The number of nitrogens with one attached hydrogen (secondary N) is 2. The molecule has 142 valence electrons. The van der Waals surface area contributed by atoms with Crippen LogP contribution in [0, 0.1) is 0 Å². The standard InChI is InChI=1S/C16H28N6O2.HI/c1-17-16(18-7-4-9-24-13-6-10-23-12-13)19-11-15-21-20-14-5-2-3-8-22(14)15;/h13H,2-12H2,1H3,(H2,17,18,19);1H. The zero-order chi connectivity index (χ0) is 16.6. The van der Waals surface area contributed by atoms with Gasteiger partial charge in [-0.05, 0) is 25.7 Å². The van der Waals surface area contributed by atoms with E-state index in [0.717, 1.165) is 69.8 Å². The summed E-state index contributed by atoms with van der Waals surface area (Å²) >= 11 is 0. The molecule has 3 heterocycles. The SMILES string of the molecule is CN=C(NCCCOC1CCOC1)NCc1nnc2n1CCCC2.I. The minimum atomic E-state index is 0. The molecule has 2 aliphatic rings. The first-order valence-corrected chi connectivity index (χ1v) is 8.91. The Kier molecular flexibility index (Phi) is 8.90. The maximum absolute atomic E-state index is 5.75. The average molecular weight is 464 g/mol. The third-order valence-electron chi connectivity index (χ3n) is 4.43. The molecule has 1 saturated heterocycles. The Balaban J connectivity index is 0.00000225. The van der Waals surface area contributed by atoms with E-state index in [1.54, 1.807) is 7.05 Å². The molecule has 0 saturated carbocycles. The summed E-state index contributed by atoms with van der Waals surface area (Å²) in [5.74, 6) is 2.87. The molecule has 0 aliphatic carbocycles. The van der Waals surface area contributed by atoms with E-state index in [1.165, 1.54) is 12.8 Å². The fourth-order valence-corrected chi connectivity index (χ4v) is 3.06. The lowest BCUT2D eigenvalue weighted by Gasteiger charge is -2.16. The maximum atomic E-state index is 5.75. The van der Waals surface area contributed by atoms with Crippen LogP contribution < -0.4 is 10.6 Å². The van der Waals surface area contributed by atoms with Crippen molar-refractivity contribution < 1.29 is 9.47 Å². The van der Waals surface area contributed by atoms with E-state index >= 15 is 0 Å². The van der Waals surface area contributed by atoms with Crippen LogP contribution in [0.15, 0.2) is 4.99 Å². The molecule has 0 aromatic carbocycles. The second kappa shape index (κ2) is 10.9. The van der Waals surface area contributed by atoms with Crippen molar-refractivity contribution >= 4 is 29.9 Å². The second-order valence-corrected chi connectivity index (χ2v) is 6.20. The highest BCUT2D eigenvalue weighted by Crippen LogP contribution is 2.13. The highest BCUT2D eigenvalue weighted by molar-refractivity contribution is 14.0. The average Bonchev–Trinajstić information content (AvgIpc) is 3.27. The first-order valence-electron chi connectivity index (χ1n) is 8.91. The van der Waals surface area contributed by atoms with Crippen LogP contribution >= 0.6 is 24.0 Å². The van der Waals surface area contributed by atoms with Gasteiger partial charge in [0.25, 0.3) is 0 Å². The van der Waals surface area contributed by atoms with Gasteiger partial charge in [-0.15, -0.1) is 34.2 Å². The minimum Gasteiger partial charge on any atom is -0.379 e. The van der Waals surface area contributed by atoms with Crippen LogP contribution in [-0.2, 0) is 29.0 Å². The van der Waals surface area contributed by atoms with Crippen molar-refractivity contribution in [2.75, 3.05) is 33.4 Å². The molecule has 1 aromatic rings. The van der Waals surface area contributed by atoms with Gasteiger partial charge in [0.15, 0.2) is 11.8 Å². The molecule has 1 aromatic heterocycles. The Morgan fingerprint density at radius 1 is 1.36 bits per heavy atom. The van der Waals surface area contributed by atoms with Crippen LogP contribution in [0.5, 0.6) is 0 Å². The van der Waals surface area contributed by atoms with Gasteiger partial charge in [-0.3, -0.25) is 4.99 Å². The van der Waals surface area contributed by atoms with E-state index in [-0.39, 0.29) is 30.1 Å². The summed E-state index contributed by atoms with van der Waals surface area (Å²) in [6.45, 7) is 4.79. The van der Waals surface area contributed by atoms with Crippen molar-refractivity contribution in [3.63, 3.8) is 0 Å². The third kappa shape index (κ3) is 6.07. The summed E-state index contributed by atoms with van der Waals surface area (Å²) in [5.41, 5.74) is 0. The summed E-state index contributed by atoms with van der Waals surface area (Å²) in [4.78, 5) is 4.25. The summed E-state index contributed by atoms with van der Waals surface area (Å²) in [6, 6.07) is 0. The molecule has 1 unspecified atom stereocenters. The van der Waals surface area contributed by atoms with Crippen molar-refractivity contribution in [1.29, 1.82) is 0 Å². The predicted molar refractivity (Wildman–Crippen MR) is 106 cm³/mol. The number of aryl methyl sites for hydroxylation is 1. The predicted octanol–water partition coefficient (Wildman–Crippen LogP) is 1.09. The van der Waals surface area contributed by atoms with Crippen LogP contribution in [0.2, 0.25) is 0 Å². The van der Waals surface area contributed by atoms with E-state index in [1.807, 2.05) is 0 Å². The first kappa shape index (κ1) is 20.4. The number of guanidine groups is 1. The summed E-state index contributed by atoms with van der Waals surface area (Å²) in [7, 11) is 1.78. The van der Waals surface area contributed by atoms with Gasteiger partial charge < -0.3 is 24.7 Å². The highest BCUT2D eigenvalue weighted by Gasteiger charge is 2.16. The monoisotopic (exact) mass is 464 g/mol. The van der Waals surface area contributed by atoms with E-state index in [9.17, 15) is 0 Å². The van der Waals surface area contributed by atoms with Crippen LogP contribution in [0.1, 0.15) is 37.3 Å². The van der Waals surface area contributed by atoms with Crippen LogP contribution in [0.4, 0.5) is 0 Å². The number of aliphatic imine (C=N–C) groups is 1. The zero-order valence-corrected chi connectivity index (χ0v) is 17.2. The number of ether oxygens (including phenoxy) is 2. The van der Waals surface area contributed by atoms with Crippen LogP contribution in [0.25, 0.3) is 0 Å². The molecule has 1 atom stereocenters. The van der Waals surface area contributed by atoms with Crippen molar-refractivity contribution in [3.05, 3.63) is 11.6 Å². The Hall–Kier alpha value is -0.940. The van der Waals surface area contributed by atoms with Crippen molar-refractivity contribution in [3.8, 4) is 0 Å². The molecule has 9 heteroatoms. The summed E-state index contributed by atoms with van der Waals surface area (Å²) in [6.07, 6.45) is 5.69. The van der Waals surface area contributed by atoms with Gasteiger partial charge >= 0.3 is 0 Å². The molecule has 8 nitrogen and oxygen atoms in total. The third-order valence-corrected chi connectivity index (χ3v) is 4.43. The van der Waals surface area contributed by atoms with Crippen molar-refractivity contribution in [2.24, 2.45) is 4.99 Å². The Morgan fingerprint density at radius 2 is 2.28 bits per heavy atom. The van der Waals surface area contributed by atoms with Gasteiger partial charge in [-0.25, -0.2) is 0 Å². The fraction of sp³-hybridized carbons (Fsp3) is 0.812. The van der Waals surface area contributed by atoms with E-state index < -0.39 is 0 Å². The highest BCUT2D eigenvalue weighted by atomic mass is 127. The fourth-order valence-electron chi connectivity index (χ4n) is 3.06. The quantitative estimate of drug-likeness (QED) is 0.272. The molecule has 0 bridgehead atoms. The lowest BCUT2D eigenvalue weighted by atomic mass is 10.2. The number of hydrogen-bond donors (Lipinski definition) is 2. The van der Waals surface area contributed by atoms with E-state index in [2.05, 4.69) is 30.4 Å². The number of nitrogens with zero attached hydrogens (tertiary/aromatic N) is 4. The van der Waals surface area contributed by atoms with Crippen molar-refractivity contribution in [2.45, 2.75) is 51.3 Å². The van der Waals surface area contributed by atoms with Gasteiger partial charge in [0, 0.05) is 39.8 Å². The Bertz CT molecular complexity index is 545. The zero-order valence-electron chi connectivity index (χ0n) is 14.9. The molecule has 25 heavy (non-hydrogen) atoms. The van der Waals surface area contributed by atoms with Crippen LogP contribution in [0.3, 0.4) is 0 Å². The molecule has 0 radical (unpaired) electrons. The maximum Gasteiger partial charge on any atom is 0.191 e. The largest absolute Gasteiger partial charge is 0.379 e. The molecule has 1 fully saturated rings. The molecule has 0 amide bonds. The van der Waals surface area contributed by atoms with E-state index in [0.29, 0.717) is 6.54 Å².